The number of benzene rings is 2. The lowest BCUT2D eigenvalue weighted by Gasteiger charge is -2.26. The van der Waals surface area contributed by atoms with Gasteiger partial charge in [-0.3, -0.25) is 0 Å². The second-order valence-electron chi connectivity index (χ2n) is 6.25. The smallest absolute Gasteiger partial charge is 0.119 e. The maximum absolute atomic E-state index is 10.3. The number of aryl methyl sites for hydroxylation is 2. The fourth-order valence-corrected chi connectivity index (χ4v) is 3.22. The Bertz CT molecular complexity index is 651. The molecule has 1 unspecified atom stereocenters. The summed E-state index contributed by atoms with van der Waals surface area (Å²) in [5.74, 6) is 0.822. The fraction of sp³-hybridized carbons (Fsp3) is 0.400. The van der Waals surface area contributed by atoms with Crippen molar-refractivity contribution in [1.29, 1.82) is 0 Å². The Morgan fingerprint density at radius 1 is 1.04 bits per heavy atom. The molecule has 1 atom stereocenters. The van der Waals surface area contributed by atoms with E-state index in [4.69, 9.17) is 4.74 Å². The van der Waals surface area contributed by atoms with E-state index in [9.17, 15) is 10.2 Å². The van der Waals surface area contributed by atoms with Gasteiger partial charge >= 0.3 is 0 Å². The second kappa shape index (κ2) is 9.66. The van der Waals surface area contributed by atoms with Crippen LogP contribution in [0.4, 0.5) is 5.69 Å². The summed E-state index contributed by atoms with van der Waals surface area (Å²) in [4.78, 5) is 1.97. The molecule has 3 rings (SSSR count). The lowest BCUT2D eigenvalue weighted by molar-refractivity contribution is 0.111. The predicted molar refractivity (Wildman–Crippen MR) is 103 cm³/mol. The number of aliphatic hydroxyl groups is 2. The first-order valence-corrected chi connectivity index (χ1v) is 8.60. The highest BCUT2D eigenvalue weighted by molar-refractivity contribution is 5.85. The van der Waals surface area contributed by atoms with E-state index in [0.29, 0.717) is 13.1 Å². The second-order valence-corrected chi connectivity index (χ2v) is 6.25. The van der Waals surface area contributed by atoms with E-state index in [1.165, 1.54) is 17.5 Å². The summed E-state index contributed by atoms with van der Waals surface area (Å²) in [7, 11) is 0. The molecule has 0 aromatic heterocycles. The van der Waals surface area contributed by atoms with E-state index >= 15 is 0 Å². The van der Waals surface area contributed by atoms with Gasteiger partial charge in [0, 0.05) is 18.8 Å². The molecule has 5 heteroatoms. The number of ether oxygens (including phenoxy) is 1. The van der Waals surface area contributed by atoms with Crippen LogP contribution < -0.4 is 9.64 Å². The molecule has 0 heterocycles. The molecule has 4 nitrogen and oxygen atoms in total. The molecule has 2 N–H and O–H groups in total. The van der Waals surface area contributed by atoms with Crippen LogP contribution in [-0.4, -0.2) is 42.6 Å². The highest BCUT2D eigenvalue weighted by Gasteiger charge is 2.14. The minimum absolute atomic E-state index is 0. The molecule has 25 heavy (non-hydrogen) atoms. The third kappa shape index (κ3) is 5.36. The average Bonchev–Trinajstić information content (AvgIpc) is 3.08. The topological polar surface area (TPSA) is 52.9 Å². The highest BCUT2D eigenvalue weighted by Crippen LogP contribution is 2.26. The molecule has 2 aromatic carbocycles. The van der Waals surface area contributed by atoms with Crippen LogP contribution in [0.25, 0.3) is 0 Å². The maximum Gasteiger partial charge on any atom is 0.119 e. The van der Waals surface area contributed by atoms with E-state index < -0.39 is 6.10 Å². The summed E-state index contributed by atoms with van der Waals surface area (Å²) < 4.78 is 5.77. The molecule has 0 fully saturated rings. The molecule has 0 saturated heterocycles. The molecule has 0 aliphatic heterocycles. The summed E-state index contributed by atoms with van der Waals surface area (Å²) >= 11 is 0. The van der Waals surface area contributed by atoms with E-state index in [1.807, 2.05) is 41.3 Å². The van der Waals surface area contributed by atoms with Crippen LogP contribution in [0.3, 0.4) is 0 Å². The van der Waals surface area contributed by atoms with Gasteiger partial charge in [-0.1, -0.05) is 24.3 Å². The molecule has 136 valence electrons. The largest absolute Gasteiger partial charge is 0.491 e. The van der Waals surface area contributed by atoms with Crippen LogP contribution >= 0.6 is 12.4 Å². The first-order valence-electron chi connectivity index (χ1n) is 8.60. The molecule has 2 aromatic rings. The monoisotopic (exact) mass is 363 g/mol. The van der Waals surface area contributed by atoms with Gasteiger partial charge in [-0.15, -0.1) is 12.4 Å². The van der Waals surface area contributed by atoms with Gasteiger partial charge in [0.05, 0.1) is 6.61 Å². The Morgan fingerprint density at radius 2 is 1.80 bits per heavy atom. The number of fused-ring (bicyclic) bond motifs is 1. The van der Waals surface area contributed by atoms with Crippen molar-refractivity contribution in [3.8, 4) is 5.75 Å². The minimum atomic E-state index is -0.620. The quantitative estimate of drug-likeness (QED) is 0.757. The number of para-hydroxylation sites is 1. The molecule has 1 aliphatic rings. The lowest BCUT2D eigenvalue weighted by atomic mass is 10.1. The molecule has 0 spiro atoms. The van der Waals surface area contributed by atoms with Crippen LogP contribution in [0.1, 0.15) is 17.5 Å². The van der Waals surface area contributed by atoms with Crippen molar-refractivity contribution in [3.05, 3.63) is 59.7 Å². The number of nitrogens with zero attached hydrogens (tertiary/aromatic N) is 1. The van der Waals surface area contributed by atoms with Crippen molar-refractivity contribution in [3.63, 3.8) is 0 Å². The molecule has 0 radical (unpaired) electrons. The van der Waals surface area contributed by atoms with Crippen molar-refractivity contribution in [1.82, 2.24) is 0 Å². The third-order valence-electron chi connectivity index (χ3n) is 4.43. The van der Waals surface area contributed by atoms with Gasteiger partial charge in [-0.05, 0) is 54.7 Å². The van der Waals surface area contributed by atoms with Crippen molar-refractivity contribution >= 4 is 18.1 Å². The minimum Gasteiger partial charge on any atom is -0.491 e. The van der Waals surface area contributed by atoms with E-state index in [0.717, 1.165) is 24.3 Å². The maximum atomic E-state index is 10.3. The van der Waals surface area contributed by atoms with Crippen molar-refractivity contribution < 1.29 is 14.9 Å². The summed E-state index contributed by atoms with van der Waals surface area (Å²) in [6.07, 6.45) is 2.87. The van der Waals surface area contributed by atoms with Crippen molar-refractivity contribution in [2.75, 3.05) is 31.2 Å². The van der Waals surface area contributed by atoms with Gasteiger partial charge in [0.1, 0.15) is 18.5 Å². The average molecular weight is 364 g/mol. The SMILES string of the molecule is Cl.OCCN(CC(O)COc1ccc2c(c1)CCC2)c1ccccc1. The zero-order valence-electron chi connectivity index (χ0n) is 14.3. The summed E-state index contributed by atoms with van der Waals surface area (Å²) in [5.41, 5.74) is 3.78. The van der Waals surface area contributed by atoms with Crippen LogP contribution in [0.2, 0.25) is 0 Å². The molecular weight excluding hydrogens is 338 g/mol. The normalized spacial score (nSPS) is 13.7. The Balaban J connectivity index is 0.00000225. The highest BCUT2D eigenvalue weighted by atomic mass is 35.5. The molecular formula is C20H26ClNO3. The van der Waals surface area contributed by atoms with Crippen LogP contribution in [0.5, 0.6) is 5.75 Å². The zero-order chi connectivity index (χ0) is 16.8. The third-order valence-corrected chi connectivity index (χ3v) is 4.43. The van der Waals surface area contributed by atoms with Gasteiger partial charge in [0.15, 0.2) is 0 Å². The zero-order valence-corrected chi connectivity index (χ0v) is 15.1. The number of hydrogen-bond acceptors (Lipinski definition) is 4. The first kappa shape index (κ1) is 19.6. The van der Waals surface area contributed by atoms with Crippen LogP contribution in [0.15, 0.2) is 48.5 Å². The van der Waals surface area contributed by atoms with Gasteiger partial charge in [0.25, 0.3) is 0 Å². The predicted octanol–water partition coefficient (Wildman–Crippen LogP) is 2.84. The standard InChI is InChI=1S/C20H25NO3.ClH/c22-12-11-21(18-7-2-1-3-8-18)14-19(23)15-24-20-10-9-16-5-4-6-17(16)13-20;/h1-3,7-10,13,19,22-23H,4-6,11-12,14-15H2;1H. The molecule has 1 aliphatic carbocycles. The Hall–Kier alpha value is -1.75. The number of aliphatic hydroxyl groups excluding tert-OH is 2. The molecule has 0 amide bonds. The van der Waals surface area contributed by atoms with Gasteiger partial charge in [-0.25, -0.2) is 0 Å². The molecule has 0 bridgehead atoms. The van der Waals surface area contributed by atoms with Crippen molar-refractivity contribution in [2.24, 2.45) is 0 Å². The Labute approximate surface area is 155 Å². The fourth-order valence-electron chi connectivity index (χ4n) is 3.22. The summed E-state index contributed by atoms with van der Waals surface area (Å²) in [6.45, 7) is 1.20. The number of rotatable bonds is 8. The van der Waals surface area contributed by atoms with Gasteiger partial charge < -0.3 is 19.8 Å². The van der Waals surface area contributed by atoms with E-state index in [-0.39, 0.29) is 25.6 Å². The van der Waals surface area contributed by atoms with E-state index in [2.05, 4.69) is 12.1 Å². The van der Waals surface area contributed by atoms with Crippen LogP contribution in [0, 0.1) is 0 Å². The first-order chi connectivity index (χ1) is 11.8. The summed E-state index contributed by atoms with van der Waals surface area (Å²) in [6, 6.07) is 16.0. The molecule has 0 saturated carbocycles. The summed E-state index contributed by atoms with van der Waals surface area (Å²) in [5, 5.41) is 19.6. The van der Waals surface area contributed by atoms with E-state index in [1.54, 1.807) is 0 Å². The number of halogens is 1. The number of anilines is 1. The van der Waals surface area contributed by atoms with Gasteiger partial charge in [-0.2, -0.15) is 0 Å². The van der Waals surface area contributed by atoms with Crippen molar-refractivity contribution in [2.45, 2.75) is 25.4 Å². The Morgan fingerprint density at radius 3 is 2.56 bits per heavy atom. The van der Waals surface area contributed by atoms with Crippen LogP contribution in [-0.2, 0) is 12.8 Å². The van der Waals surface area contributed by atoms with Gasteiger partial charge in [0.2, 0.25) is 0 Å². The Kier molecular flexibility index (Phi) is 7.56. The lowest BCUT2D eigenvalue weighted by Crippen LogP contribution is -2.37. The number of hydrogen-bond donors (Lipinski definition) is 2.